The van der Waals surface area contributed by atoms with Gasteiger partial charge in [0.1, 0.15) is 5.03 Å². The standard InChI is InChI=1S/C17H16N4O3S/c18-17(23)20-14(22)8-4-10-25-16-11-5-1-2-6-12(11)19-15(21-16)13-7-3-9-24-13/h1-3,5-7,9H,4,8,10H2,(H3,18,20,22,23). The lowest BCUT2D eigenvalue weighted by Gasteiger charge is -2.07. The second-order valence-electron chi connectivity index (χ2n) is 5.21. The van der Waals surface area contributed by atoms with Crippen LogP contribution in [0, 0.1) is 0 Å². The highest BCUT2D eigenvalue weighted by molar-refractivity contribution is 7.99. The molecule has 0 atom stereocenters. The Morgan fingerprint density at radius 3 is 2.76 bits per heavy atom. The lowest BCUT2D eigenvalue weighted by molar-refractivity contribution is -0.119. The number of furan rings is 1. The fourth-order valence-corrected chi connectivity index (χ4v) is 3.24. The third-order valence-corrected chi connectivity index (χ3v) is 4.44. The maximum atomic E-state index is 11.4. The van der Waals surface area contributed by atoms with E-state index in [-0.39, 0.29) is 12.3 Å². The summed E-state index contributed by atoms with van der Waals surface area (Å²) in [5.74, 6) is 1.42. The molecule has 0 saturated carbocycles. The summed E-state index contributed by atoms with van der Waals surface area (Å²) in [6.45, 7) is 0. The molecule has 0 radical (unpaired) electrons. The number of para-hydroxylation sites is 1. The van der Waals surface area contributed by atoms with Crippen molar-refractivity contribution in [2.75, 3.05) is 5.75 Å². The number of rotatable bonds is 6. The summed E-state index contributed by atoms with van der Waals surface area (Å²) in [6.07, 6.45) is 2.40. The van der Waals surface area contributed by atoms with E-state index in [1.54, 1.807) is 12.3 Å². The molecule has 3 amide bonds. The molecule has 3 N–H and O–H groups in total. The Kier molecular flexibility index (Phi) is 5.30. The van der Waals surface area contributed by atoms with Crippen molar-refractivity contribution in [2.45, 2.75) is 17.9 Å². The number of benzene rings is 1. The molecule has 2 aromatic heterocycles. The monoisotopic (exact) mass is 356 g/mol. The van der Waals surface area contributed by atoms with Gasteiger partial charge in [0.2, 0.25) is 5.91 Å². The SMILES string of the molecule is NC(=O)NC(=O)CCCSc1nc(-c2ccco2)nc2ccccc12. The zero-order valence-electron chi connectivity index (χ0n) is 13.3. The predicted octanol–water partition coefficient (Wildman–Crippen LogP) is 2.96. The Bertz CT molecular complexity index is 896. The molecule has 0 spiro atoms. The quantitative estimate of drug-likeness (QED) is 0.399. The molecule has 0 aliphatic rings. The molecule has 1 aromatic carbocycles. The Balaban J connectivity index is 1.74. The molecule has 0 aliphatic heterocycles. The van der Waals surface area contributed by atoms with E-state index in [4.69, 9.17) is 10.2 Å². The number of imide groups is 1. The number of hydrogen-bond acceptors (Lipinski definition) is 6. The first-order valence-corrected chi connectivity index (χ1v) is 8.65. The van der Waals surface area contributed by atoms with Gasteiger partial charge in [-0.1, -0.05) is 18.2 Å². The Hall–Kier alpha value is -2.87. The van der Waals surface area contributed by atoms with Crippen LogP contribution in [-0.2, 0) is 4.79 Å². The molecule has 0 saturated heterocycles. The number of aromatic nitrogens is 2. The lowest BCUT2D eigenvalue weighted by atomic mass is 10.2. The van der Waals surface area contributed by atoms with E-state index in [0.717, 1.165) is 15.9 Å². The molecule has 0 aliphatic carbocycles. The van der Waals surface area contributed by atoms with E-state index in [2.05, 4.69) is 15.3 Å². The van der Waals surface area contributed by atoms with Gasteiger partial charge in [-0.15, -0.1) is 11.8 Å². The second-order valence-corrected chi connectivity index (χ2v) is 6.29. The summed E-state index contributed by atoms with van der Waals surface area (Å²) >= 11 is 1.53. The second kappa shape index (κ2) is 7.80. The van der Waals surface area contributed by atoms with Crippen molar-refractivity contribution >= 4 is 34.6 Å². The summed E-state index contributed by atoms with van der Waals surface area (Å²) in [5.41, 5.74) is 5.74. The van der Waals surface area contributed by atoms with Crippen LogP contribution in [0.2, 0.25) is 0 Å². The van der Waals surface area contributed by atoms with E-state index in [9.17, 15) is 9.59 Å². The summed E-state index contributed by atoms with van der Waals surface area (Å²) in [6, 6.07) is 10.5. The van der Waals surface area contributed by atoms with Crippen LogP contribution in [0.4, 0.5) is 4.79 Å². The van der Waals surface area contributed by atoms with Crippen LogP contribution in [0.25, 0.3) is 22.5 Å². The Labute approximate surface area is 148 Å². The first-order valence-electron chi connectivity index (χ1n) is 7.66. The van der Waals surface area contributed by atoms with Crippen molar-refractivity contribution in [1.29, 1.82) is 0 Å². The number of primary amides is 1. The average Bonchev–Trinajstić information content (AvgIpc) is 3.12. The molecule has 0 bridgehead atoms. The summed E-state index contributed by atoms with van der Waals surface area (Å²) in [7, 11) is 0. The molecule has 8 heteroatoms. The topological polar surface area (TPSA) is 111 Å². The molecule has 7 nitrogen and oxygen atoms in total. The first kappa shape index (κ1) is 17.0. The van der Waals surface area contributed by atoms with Crippen molar-refractivity contribution in [3.8, 4) is 11.6 Å². The molecule has 2 heterocycles. The number of carbonyl (C=O) groups excluding carboxylic acids is 2. The fraction of sp³-hybridized carbons (Fsp3) is 0.176. The minimum atomic E-state index is -0.831. The largest absolute Gasteiger partial charge is 0.461 e. The summed E-state index contributed by atoms with van der Waals surface area (Å²) in [4.78, 5) is 31.2. The van der Waals surface area contributed by atoms with Gasteiger partial charge in [0.05, 0.1) is 11.8 Å². The number of nitrogens with zero attached hydrogens (tertiary/aromatic N) is 2. The third kappa shape index (κ3) is 4.36. The minimum absolute atomic E-state index is 0.226. The average molecular weight is 356 g/mol. The van der Waals surface area contributed by atoms with Gasteiger partial charge in [0.25, 0.3) is 0 Å². The number of amides is 3. The van der Waals surface area contributed by atoms with Crippen LogP contribution in [0.15, 0.2) is 52.1 Å². The van der Waals surface area contributed by atoms with Crippen molar-refractivity contribution in [3.05, 3.63) is 42.7 Å². The number of carbonyl (C=O) groups is 2. The van der Waals surface area contributed by atoms with Crippen LogP contribution in [0.1, 0.15) is 12.8 Å². The highest BCUT2D eigenvalue weighted by Crippen LogP contribution is 2.29. The van der Waals surface area contributed by atoms with Crippen LogP contribution in [-0.4, -0.2) is 27.7 Å². The Morgan fingerprint density at radius 1 is 1.16 bits per heavy atom. The third-order valence-electron chi connectivity index (χ3n) is 3.36. The van der Waals surface area contributed by atoms with E-state index in [0.29, 0.717) is 23.8 Å². The van der Waals surface area contributed by atoms with Gasteiger partial charge in [0, 0.05) is 17.6 Å². The number of urea groups is 1. The zero-order chi connectivity index (χ0) is 17.6. The molecular formula is C17H16N4O3S. The van der Waals surface area contributed by atoms with Gasteiger partial charge in [-0.3, -0.25) is 10.1 Å². The molecule has 0 unspecified atom stereocenters. The number of thioether (sulfide) groups is 1. The van der Waals surface area contributed by atoms with Crippen molar-refractivity contribution in [2.24, 2.45) is 5.73 Å². The van der Waals surface area contributed by atoms with Gasteiger partial charge in [-0.2, -0.15) is 0 Å². The zero-order valence-corrected chi connectivity index (χ0v) is 14.1. The molecule has 0 fully saturated rings. The van der Waals surface area contributed by atoms with E-state index in [1.165, 1.54) is 11.8 Å². The van der Waals surface area contributed by atoms with Crippen LogP contribution >= 0.6 is 11.8 Å². The molecule has 3 rings (SSSR count). The van der Waals surface area contributed by atoms with Crippen molar-refractivity contribution in [1.82, 2.24) is 15.3 Å². The molecule has 3 aromatic rings. The number of nitrogens with one attached hydrogen (secondary N) is 1. The van der Waals surface area contributed by atoms with Gasteiger partial charge in [-0.05, 0) is 24.6 Å². The van der Waals surface area contributed by atoms with E-state index >= 15 is 0 Å². The molecular weight excluding hydrogens is 340 g/mol. The molecule has 25 heavy (non-hydrogen) atoms. The number of fused-ring (bicyclic) bond motifs is 1. The van der Waals surface area contributed by atoms with Crippen molar-refractivity contribution in [3.63, 3.8) is 0 Å². The Morgan fingerprint density at radius 2 is 2.00 bits per heavy atom. The lowest BCUT2D eigenvalue weighted by Crippen LogP contribution is -2.34. The van der Waals surface area contributed by atoms with E-state index < -0.39 is 6.03 Å². The number of nitrogens with two attached hydrogens (primary N) is 1. The van der Waals surface area contributed by atoms with Crippen molar-refractivity contribution < 1.29 is 14.0 Å². The minimum Gasteiger partial charge on any atom is -0.461 e. The highest BCUT2D eigenvalue weighted by Gasteiger charge is 2.12. The summed E-state index contributed by atoms with van der Waals surface area (Å²) < 4.78 is 5.39. The van der Waals surface area contributed by atoms with Gasteiger partial charge >= 0.3 is 6.03 Å². The first-order chi connectivity index (χ1) is 12.1. The van der Waals surface area contributed by atoms with Crippen LogP contribution in [0.5, 0.6) is 0 Å². The maximum absolute atomic E-state index is 11.4. The van der Waals surface area contributed by atoms with Gasteiger partial charge < -0.3 is 10.2 Å². The number of hydrogen-bond donors (Lipinski definition) is 2. The van der Waals surface area contributed by atoms with E-state index in [1.807, 2.05) is 30.3 Å². The fourth-order valence-electron chi connectivity index (χ4n) is 2.27. The highest BCUT2D eigenvalue weighted by atomic mass is 32.2. The molecule has 128 valence electrons. The maximum Gasteiger partial charge on any atom is 0.318 e. The normalized spacial score (nSPS) is 10.7. The summed E-state index contributed by atoms with van der Waals surface area (Å²) in [5, 5.41) is 3.83. The predicted molar refractivity (Wildman–Crippen MR) is 94.9 cm³/mol. The van der Waals surface area contributed by atoms with Crippen LogP contribution < -0.4 is 11.1 Å². The van der Waals surface area contributed by atoms with Gasteiger partial charge in [0.15, 0.2) is 11.6 Å². The van der Waals surface area contributed by atoms with Crippen LogP contribution in [0.3, 0.4) is 0 Å². The smallest absolute Gasteiger partial charge is 0.318 e. The van der Waals surface area contributed by atoms with Gasteiger partial charge in [-0.25, -0.2) is 14.8 Å².